The van der Waals surface area contributed by atoms with E-state index in [1.54, 1.807) is 6.20 Å². The van der Waals surface area contributed by atoms with E-state index in [0.717, 1.165) is 45.4 Å². The second kappa shape index (κ2) is 9.58. The molecule has 3 rings (SSSR count). The number of amides is 2. The fourth-order valence-electron chi connectivity index (χ4n) is 3.64. The van der Waals surface area contributed by atoms with E-state index in [1.165, 1.54) is 0 Å². The van der Waals surface area contributed by atoms with Crippen molar-refractivity contribution in [1.29, 1.82) is 0 Å². The van der Waals surface area contributed by atoms with Gasteiger partial charge in [-0.15, -0.1) is 0 Å². The molecule has 2 saturated heterocycles. The lowest BCUT2D eigenvalue weighted by Gasteiger charge is -2.32. The number of carbonyl (C=O) groups is 2. The van der Waals surface area contributed by atoms with Crippen molar-refractivity contribution in [3.63, 3.8) is 0 Å². The van der Waals surface area contributed by atoms with Crippen LogP contribution < -0.4 is 10.6 Å². The fraction of sp³-hybridized carbons (Fsp3) is 0.750. The minimum atomic E-state index is -0.499. The Kier molecular flexibility index (Phi) is 7.13. The van der Waals surface area contributed by atoms with Crippen LogP contribution in [0.15, 0.2) is 12.4 Å². The molecule has 9 nitrogen and oxygen atoms in total. The summed E-state index contributed by atoms with van der Waals surface area (Å²) in [5.41, 5.74) is 0.204. The maximum atomic E-state index is 12.3. The number of ether oxygens (including phenoxy) is 2. The summed E-state index contributed by atoms with van der Waals surface area (Å²) >= 11 is 0. The van der Waals surface area contributed by atoms with Crippen LogP contribution in [-0.4, -0.2) is 70.7 Å². The number of hydrogen-bond donors (Lipinski definition) is 2. The molecule has 29 heavy (non-hydrogen) atoms. The summed E-state index contributed by atoms with van der Waals surface area (Å²) in [7, 11) is 0. The van der Waals surface area contributed by atoms with E-state index in [1.807, 2.05) is 31.6 Å². The number of likely N-dealkylation sites (tertiary alicyclic amines) is 1. The zero-order valence-electron chi connectivity index (χ0n) is 17.6. The molecule has 1 aromatic rings. The largest absolute Gasteiger partial charge is 0.444 e. The molecule has 1 aromatic heterocycles. The highest BCUT2D eigenvalue weighted by molar-refractivity contribution is 5.91. The average Bonchev–Trinajstić information content (AvgIpc) is 3.27. The summed E-state index contributed by atoms with van der Waals surface area (Å²) in [4.78, 5) is 26.3. The topological polar surface area (TPSA) is 97.7 Å². The van der Waals surface area contributed by atoms with Crippen LogP contribution in [-0.2, 0) is 20.8 Å². The van der Waals surface area contributed by atoms with Gasteiger partial charge in [0, 0.05) is 31.9 Å². The van der Waals surface area contributed by atoms with Crippen LogP contribution in [0, 0.1) is 0 Å². The molecule has 0 spiro atoms. The van der Waals surface area contributed by atoms with Crippen LogP contribution in [0.3, 0.4) is 0 Å². The van der Waals surface area contributed by atoms with Crippen molar-refractivity contribution in [3.8, 4) is 0 Å². The highest BCUT2D eigenvalue weighted by Crippen LogP contribution is 2.16. The SMILES string of the molecule is CC(C)(C)OC(=O)NC1CCN(CC(=O)Nc2cnn(CC3CCCO3)c2)CC1. The molecule has 1 atom stereocenters. The van der Waals surface area contributed by atoms with Crippen molar-refractivity contribution in [2.45, 2.75) is 70.7 Å². The van der Waals surface area contributed by atoms with Gasteiger partial charge < -0.3 is 20.1 Å². The lowest BCUT2D eigenvalue weighted by Crippen LogP contribution is -2.47. The van der Waals surface area contributed by atoms with Gasteiger partial charge in [-0.2, -0.15) is 5.10 Å². The van der Waals surface area contributed by atoms with E-state index < -0.39 is 5.60 Å². The molecule has 0 aliphatic carbocycles. The molecule has 3 heterocycles. The van der Waals surface area contributed by atoms with Gasteiger partial charge in [-0.05, 0) is 46.5 Å². The Hall–Kier alpha value is -2.13. The Morgan fingerprint density at radius 3 is 2.69 bits per heavy atom. The number of anilines is 1. The summed E-state index contributed by atoms with van der Waals surface area (Å²) in [6.45, 7) is 8.92. The summed E-state index contributed by atoms with van der Waals surface area (Å²) in [6, 6.07) is 0.0835. The molecule has 2 N–H and O–H groups in total. The Morgan fingerprint density at radius 2 is 2.03 bits per heavy atom. The van der Waals surface area contributed by atoms with Gasteiger partial charge in [0.15, 0.2) is 0 Å². The smallest absolute Gasteiger partial charge is 0.407 e. The molecule has 2 amide bonds. The van der Waals surface area contributed by atoms with Gasteiger partial charge in [0.25, 0.3) is 0 Å². The number of rotatable bonds is 6. The second-order valence-electron chi connectivity index (χ2n) is 8.83. The summed E-state index contributed by atoms with van der Waals surface area (Å²) in [5.74, 6) is -0.0554. The maximum absolute atomic E-state index is 12.3. The van der Waals surface area contributed by atoms with Gasteiger partial charge in [0.1, 0.15) is 5.60 Å². The Balaban J connectivity index is 1.35. The summed E-state index contributed by atoms with van der Waals surface area (Å²) in [5, 5.41) is 10.1. The van der Waals surface area contributed by atoms with E-state index in [-0.39, 0.29) is 24.1 Å². The molecule has 1 unspecified atom stereocenters. The highest BCUT2D eigenvalue weighted by atomic mass is 16.6. The molecule has 162 valence electrons. The number of nitrogens with zero attached hydrogens (tertiary/aromatic N) is 3. The molecule has 9 heteroatoms. The van der Waals surface area contributed by atoms with Crippen LogP contribution in [0.2, 0.25) is 0 Å². The van der Waals surface area contributed by atoms with Crippen LogP contribution >= 0.6 is 0 Å². The van der Waals surface area contributed by atoms with E-state index in [9.17, 15) is 9.59 Å². The third-order valence-corrected chi connectivity index (χ3v) is 5.01. The minimum Gasteiger partial charge on any atom is -0.444 e. The van der Waals surface area contributed by atoms with Crippen molar-refractivity contribution in [2.24, 2.45) is 0 Å². The molecule has 0 saturated carbocycles. The first-order valence-corrected chi connectivity index (χ1v) is 10.4. The first-order valence-electron chi connectivity index (χ1n) is 10.4. The number of carbonyl (C=O) groups excluding carboxylic acids is 2. The summed E-state index contributed by atoms with van der Waals surface area (Å²) < 4.78 is 12.7. The summed E-state index contributed by atoms with van der Waals surface area (Å²) in [6.07, 6.45) is 7.10. The predicted octanol–water partition coefficient (Wildman–Crippen LogP) is 1.99. The predicted molar refractivity (Wildman–Crippen MR) is 109 cm³/mol. The lowest BCUT2D eigenvalue weighted by molar-refractivity contribution is -0.117. The molecule has 2 aliphatic rings. The van der Waals surface area contributed by atoms with Gasteiger partial charge in [0.2, 0.25) is 5.91 Å². The zero-order chi connectivity index (χ0) is 20.9. The van der Waals surface area contributed by atoms with Gasteiger partial charge in [0.05, 0.1) is 31.1 Å². The average molecular weight is 408 g/mol. The molecule has 2 fully saturated rings. The second-order valence-corrected chi connectivity index (χ2v) is 8.83. The van der Waals surface area contributed by atoms with E-state index >= 15 is 0 Å². The van der Waals surface area contributed by atoms with Gasteiger partial charge in [-0.3, -0.25) is 14.4 Å². The van der Waals surface area contributed by atoms with Crippen LogP contribution in [0.1, 0.15) is 46.5 Å². The fourth-order valence-corrected chi connectivity index (χ4v) is 3.64. The minimum absolute atomic E-state index is 0.0554. The number of nitrogens with one attached hydrogen (secondary N) is 2. The number of piperidine rings is 1. The Labute approximate surface area is 172 Å². The number of alkyl carbamates (subject to hydrolysis) is 1. The van der Waals surface area contributed by atoms with Crippen molar-refractivity contribution in [3.05, 3.63) is 12.4 Å². The Morgan fingerprint density at radius 1 is 1.28 bits per heavy atom. The third-order valence-electron chi connectivity index (χ3n) is 5.01. The van der Waals surface area contributed by atoms with Crippen LogP contribution in [0.25, 0.3) is 0 Å². The van der Waals surface area contributed by atoms with Crippen molar-refractivity contribution < 1.29 is 19.1 Å². The highest BCUT2D eigenvalue weighted by Gasteiger charge is 2.24. The standard InChI is InChI=1S/C20H33N5O4/c1-20(2,3)29-19(27)23-15-6-8-24(9-7-15)14-18(26)22-16-11-21-25(12-16)13-17-5-4-10-28-17/h11-12,15,17H,4-10,13-14H2,1-3H3,(H,22,26)(H,23,27). The molecule has 2 aliphatic heterocycles. The van der Waals surface area contributed by atoms with Gasteiger partial charge in [-0.1, -0.05) is 0 Å². The first kappa shape index (κ1) is 21.6. The van der Waals surface area contributed by atoms with Crippen LogP contribution in [0.4, 0.5) is 10.5 Å². The number of aromatic nitrogens is 2. The normalized spacial score (nSPS) is 21.1. The van der Waals surface area contributed by atoms with Crippen molar-refractivity contribution in [1.82, 2.24) is 20.0 Å². The molecular weight excluding hydrogens is 374 g/mol. The molecular formula is C20H33N5O4. The maximum Gasteiger partial charge on any atom is 0.407 e. The molecule has 0 bridgehead atoms. The monoisotopic (exact) mass is 407 g/mol. The Bertz CT molecular complexity index is 685. The van der Waals surface area contributed by atoms with E-state index in [2.05, 4.69) is 20.6 Å². The van der Waals surface area contributed by atoms with Crippen LogP contribution in [0.5, 0.6) is 0 Å². The van der Waals surface area contributed by atoms with Gasteiger partial charge in [-0.25, -0.2) is 4.79 Å². The lowest BCUT2D eigenvalue weighted by atomic mass is 10.1. The number of hydrogen-bond acceptors (Lipinski definition) is 6. The molecule has 0 radical (unpaired) electrons. The third kappa shape index (κ3) is 7.32. The quantitative estimate of drug-likeness (QED) is 0.748. The van der Waals surface area contributed by atoms with Crippen molar-refractivity contribution >= 4 is 17.7 Å². The molecule has 0 aromatic carbocycles. The van der Waals surface area contributed by atoms with Crippen molar-refractivity contribution in [2.75, 3.05) is 31.6 Å². The zero-order valence-corrected chi connectivity index (χ0v) is 17.6. The van der Waals surface area contributed by atoms with Gasteiger partial charge >= 0.3 is 6.09 Å². The first-order chi connectivity index (χ1) is 13.8. The van der Waals surface area contributed by atoms with E-state index in [0.29, 0.717) is 18.8 Å². The van der Waals surface area contributed by atoms with E-state index in [4.69, 9.17) is 9.47 Å².